The van der Waals surface area contributed by atoms with Crippen molar-refractivity contribution in [2.45, 2.75) is 44.6 Å². The number of piperidine rings is 1. The lowest BCUT2D eigenvalue weighted by molar-refractivity contribution is -0.128. The molecule has 3 N–H and O–H groups in total. The highest BCUT2D eigenvalue weighted by atomic mass is 32.1. The minimum atomic E-state index is -0.807. The molecule has 0 saturated carbocycles. The number of aliphatic hydroxyl groups excluding tert-OH is 1. The van der Waals surface area contributed by atoms with E-state index in [1.807, 2.05) is 17.2 Å². The number of aryl methyl sites for hydroxylation is 2. The number of carbonyl (C=O) groups excluding carboxylic acids is 1. The minimum absolute atomic E-state index is 0.000698. The van der Waals surface area contributed by atoms with Crippen molar-refractivity contribution in [3.05, 3.63) is 91.7 Å². The van der Waals surface area contributed by atoms with Crippen LogP contribution in [0.15, 0.2) is 58.7 Å². The molecular weight excluding hydrogens is 578 g/mol. The molecule has 1 atom stereocenters. The second-order valence-corrected chi connectivity index (χ2v) is 13.0. The number of carbonyl (C=O) groups is 1. The van der Waals surface area contributed by atoms with E-state index in [1.54, 1.807) is 19.2 Å². The topological polar surface area (TPSA) is 120 Å². The van der Waals surface area contributed by atoms with Crippen LogP contribution in [0.4, 0.5) is 0 Å². The van der Waals surface area contributed by atoms with Gasteiger partial charge in [0.15, 0.2) is 0 Å². The molecular formula is C33H39N5O5S. The molecule has 2 aliphatic rings. The molecule has 1 amide bonds. The van der Waals surface area contributed by atoms with Gasteiger partial charge in [0.2, 0.25) is 0 Å². The van der Waals surface area contributed by atoms with Gasteiger partial charge in [-0.15, -0.1) is 11.3 Å². The molecule has 0 unspecified atom stereocenters. The molecule has 4 aromatic rings. The highest BCUT2D eigenvalue weighted by Gasteiger charge is 2.41. The number of aromatic hydroxyl groups is 1. The molecule has 11 heteroatoms. The lowest BCUT2D eigenvalue weighted by Crippen LogP contribution is -2.58. The first-order valence-corrected chi connectivity index (χ1v) is 16.0. The number of aliphatic hydroxyl groups is 1. The number of ether oxygens (including phenoxy) is 1. The molecule has 10 nitrogen and oxygen atoms in total. The number of pyridine rings is 1. The number of hydrogen-bond acceptors (Lipinski definition) is 9. The van der Waals surface area contributed by atoms with Crippen molar-refractivity contribution in [3.8, 4) is 5.75 Å². The maximum Gasteiger partial charge on any atom is 0.273 e. The SMILES string of the molecule is Cc1nc(C(=O)N2CCOC3(CCN(Cc4cccc(CNC[C@H](O)c5ccc(O)c6c5ccc(=O)n6C)c4)CC3)C2)cs1. The molecule has 0 bridgehead atoms. The van der Waals surface area contributed by atoms with Gasteiger partial charge in [-0.25, -0.2) is 4.98 Å². The van der Waals surface area contributed by atoms with Crippen molar-refractivity contribution >= 4 is 28.1 Å². The maximum absolute atomic E-state index is 13.0. The average molecular weight is 618 g/mol. The zero-order valence-corrected chi connectivity index (χ0v) is 26.0. The number of nitrogens with zero attached hydrogens (tertiary/aromatic N) is 4. The van der Waals surface area contributed by atoms with Crippen molar-refractivity contribution in [3.63, 3.8) is 0 Å². The normalized spacial score (nSPS) is 17.8. The number of thiazole rings is 1. The number of amides is 1. The predicted octanol–water partition coefficient (Wildman–Crippen LogP) is 3.34. The van der Waals surface area contributed by atoms with Crippen LogP contribution in [0.1, 0.15) is 51.1 Å². The van der Waals surface area contributed by atoms with E-state index in [4.69, 9.17) is 4.74 Å². The Hall–Kier alpha value is -3.61. The van der Waals surface area contributed by atoms with Crippen molar-refractivity contribution in [1.82, 2.24) is 24.7 Å². The summed E-state index contributed by atoms with van der Waals surface area (Å²) >= 11 is 1.50. The first kappa shape index (κ1) is 30.4. The number of fused-ring (bicyclic) bond motifs is 1. The van der Waals surface area contributed by atoms with Crippen molar-refractivity contribution < 1.29 is 19.7 Å². The summed E-state index contributed by atoms with van der Waals surface area (Å²) in [5.74, 6) is 0.00983. The fraction of sp³-hybridized carbons (Fsp3) is 0.424. The Bertz CT molecular complexity index is 1710. The van der Waals surface area contributed by atoms with Crippen molar-refractivity contribution in [1.29, 1.82) is 0 Å². The van der Waals surface area contributed by atoms with Gasteiger partial charge in [-0.05, 0) is 48.6 Å². The molecule has 2 aliphatic heterocycles. The minimum Gasteiger partial charge on any atom is -0.506 e. The van der Waals surface area contributed by atoms with E-state index >= 15 is 0 Å². The lowest BCUT2D eigenvalue weighted by Gasteiger charge is -2.47. The largest absolute Gasteiger partial charge is 0.506 e. The number of hydrogen-bond donors (Lipinski definition) is 3. The number of phenols is 1. The molecule has 1 spiro atoms. The predicted molar refractivity (Wildman–Crippen MR) is 170 cm³/mol. The Morgan fingerprint density at radius 1 is 1.14 bits per heavy atom. The Morgan fingerprint density at radius 3 is 2.70 bits per heavy atom. The van der Waals surface area contributed by atoms with Crippen LogP contribution in [0, 0.1) is 6.92 Å². The van der Waals surface area contributed by atoms with Gasteiger partial charge >= 0.3 is 0 Å². The number of phenolic OH excluding ortho intramolecular Hbond substituents is 1. The number of likely N-dealkylation sites (tertiary alicyclic amines) is 1. The van der Waals surface area contributed by atoms with Crippen LogP contribution in [0.3, 0.4) is 0 Å². The van der Waals surface area contributed by atoms with Gasteiger partial charge in [-0.2, -0.15) is 0 Å². The number of rotatable bonds is 8. The molecule has 0 aliphatic carbocycles. The van der Waals surface area contributed by atoms with Crippen molar-refractivity contribution in [2.24, 2.45) is 7.05 Å². The summed E-state index contributed by atoms with van der Waals surface area (Å²) in [7, 11) is 1.61. The standard InChI is InChI=1S/C33H39N5O5S/c1-22-35-27(20-44-22)32(42)38-14-15-43-33(21-38)10-12-37(13-11-33)19-24-5-3-4-23(16-24)17-34-18-29(40)25-6-8-28(39)31-26(25)7-9-30(41)36(31)2/h3-9,16,20,29,34,39-40H,10-15,17-19,21H2,1-2H3/t29-/m0/s1. The Labute approximate surface area is 260 Å². The summed E-state index contributed by atoms with van der Waals surface area (Å²) < 4.78 is 7.68. The van der Waals surface area contributed by atoms with Crippen LogP contribution >= 0.6 is 11.3 Å². The smallest absolute Gasteiger partial charge is 0.273 e. The van der Waals surface area contributed by atoms with Crippen LogP contribution < -0.4 is 10.9 Å². The summed E-state index contributed by atoms with van der Waals surface area (Å²) in [6.45, 7) is 7.25. The third-order valence-corrected chi connectivity index (χ3v) is 9.63. The number of aromatic nitrogens is 2. The summed E-state index contributed by atoms with van der Waals surface area (Å²) in [5.41, 5.74) is 3.45. The van der Waals surface area contributed by atoms with Gasteiger partial charge in [0, 0.05) is 63.1 Å². The Balaban J connectivity index is 1.01. The fourth-order valence-electron chi connectivity index (χ4n) is 6.43. The van der Waals surface area contributed by atoms with E-state index in [-0.39, 0.29) is 22.8 Å². The van der Waals surface area contributed by atoms with Gasteiger partial charge in [-0.3, -0.25) is 14.5 Å². The quantitative estimate of drug-likeness (QED) is 0.276. The molecule has 2 fully saturated rings. The van der Waals surface area contributed by atoms with Gasteiger partial charge in [-0.1, -0.05) is 30.3 Å². The van der Waals surface area contributed by atoms with Crippen LogP contribution in [0.25, 0.3) is 10.9 Å². The van der Waals surface area contributed by atoms with E-state index in [0.29, 0.717) is 54.9 Å². The fourth-order valence-corrected chi connectivity index (χ4v) is 7.02. The molecule has 2 saturated heterocycles. The van der Waals surface area contributed by atoms with Crippen molar-refractivity contribution in [2.75, 3.05) is 39.3 Å². The first-order chi connectivity index (χ1) is 21.2. The van der Waals surface area contributed by atoms with Crippen LogP contribution in [-0.4, -0.2) is 80.4 Å². The molecule has 2 aromatic carbocycles. The zero-order chi connectivity index (χ0) is 30.8. The van der Waals surface area contributed by atoms with E-state index in [0.717, 1.165) is 43.0 Å². The second-order valence-electron chi connectivity index (χ2n) is 11.9. The van der Waals surface area contributed by atoms with E-state index in [2.05, 4.69) is 39.5 Å². The Morgan fingerprint density at radius 2 is 1.93 bits per heavy atom. The number of benzene rings is 2. The number of nitrogens with one attached hydrogen (secondary N) is 1. The van der Waals surface area contributed by atoms with Gasteiger partial charge in [0.1, 0.15) is 11.4 Å². The molecule has 232 valence electrons. The molecule has 44 heavy (non-hydrogen) atoms. The van der Waals surface area contributed by atoms with E-state index in [1.165, 1.54) is 33.6 Å². The van der Waals surface area contributed by atoms with Crippen LogP contribution in [-0.2, 0) is 24.9 Å². The number of morpholine rings is 1. The second kappa shape index (κ2) is 12.8. The third kappa shape index (κ3) is 6.43. The first-order valence-electron chi connectivity index (χ1n) is 15.1. The maximum atomic E-state index is 13.0. The summed E-state index contributed by atoms with van der Waals surface area (Å²) in [6.07, 6.45) is 0.955. The van der Waals surface area contributed by atoms with Crippen LogP contribution in [0.5, 0.6) is 5.75 Å². The summed E-state index contributed by atoms with van der Waals surface area (Å²) in [4.78, 5) is 33.8. The summed E-state index contributed by atoms with van der Waals surface area (Å²) in [5, 5.41) is 28.0. The summed E-state index contributed by atoms with van der Waals surface area (Å²) in [6, 6.07) is 14.8. The average Bonchev–Trinajstić information content (AvgIpc) is 3.46. The molecule has 6 rings (SSSR count). The molecule has 0 radical (unpaired) electrons. The monoisotopic (exact) mass is 617 g/mol. The highest BCUT2D eigenvalue weighted by Crippen LogP contribution is 2.32. The van der Waals surface area contributed by atoms with Gasteiger partial charge < -0.3 is 29.7 Å². The lowest BCUT2D eigenvalue weighted by atomic mass is 9.89. The van der Waals surface area contributed by atoms with Crippen LogP contribution in [0.2, 0.25) is 0 Å². The van der Waals surface area contributed by atoms with Gasteiger partial charge in [0.05, 0.1) is 35.4 Å². The highest BCUT2D eigenvalue weighted by molar-refractivity contribution is 7.09. The molecule has 4 heterocycles. The van der Waals surface area contributed by atoms with E-state index < -0.39 is 6.10 Å². The zero-order valence-electron chi connectivity index (χ0n) is 25.2. The third-order valence-electron chi connectivity index (χ3n) is 8.85. The molecule has 2 aromatic heterocycles. The van der Waals surface area contributed by atoms with E-state index in [9.17, 15) is 19.8 Å². The Kier molecular flexibility index (Phi) is 8.84. The van der Waals surface area contributed by atoms with Gasteiger partial charge in [0.25, 0.3) is 11.5 Å².